The summed E-state index contributed by atoms with van der Waals surface area (Å²) >= 11 is 0. The molecule has 0 aliphatic carbocycles. The van der Waals surface area contributed by atoms with Gasteiger partial charge in [-0.05, 0) is 18.4 Å². The molecule has 2 aliphatic heterocycles. The number of fused-ring (bicyclic) bond motifs is 1. The summed E-state index contributed by atoms with van der Waals surface area (Å²) in [5.74, 6) is 0.444. The van der Waals surface area contributed by atoms with Crippen molar-refractivity contribution in [3.63, 3.8) is 0 Å². The molecule has 0 bridgehead atoms. The molecule has 0 radical (unpaired) electrons. The van der Waals surface area contributed by atoms with Gasteiger partial charge in [-0.25, -0.2) is 0 Å². The lowest BCUT2D eigenvalue weighted by atomic mass is 9.98. The number of ether oxygens (including phenoxy) is 2. The Morgan fingerprint density at radius 1 is 1.41 bits per heavy atom. The Balaban J connectivity index is 1.81. The van der Waals surface area contributed by atoms with Gasteiger partial charge in [0.1, 0.15) is 0 Å². The maximum atomic E-state index is 10.7. The van der Waals surface area contributed by atoms with Crippen LogP contribution in [0.5, 0.6) is 0 Å². The summed E-state index contributed by atoms with van der Waals surface area (Å²) in [6.07, 6.45) is 1.74. The second-order valence-electron chi connectivity index (χ2n) is 4.50. The fourth-order valence-corrected chi connectivity index (χ4v) is 2.53. The molecule has 17 heavy (non-hydrogen) atoms. The SMILES string of the molecule is O=[N+]([O-])c1cccc(C2CC3CCOC3O2)c1. The molecule has 0 amide bonds. The van der Waals surface area contributed by atoms with Crippen molar-refractivity contribution in [1.82, 2.24) is 0 Å². The molecule has 2 heterocycles. The van der Waals surface area contributed by atoms with E-state index in [2.05, 4.69) is 0 Å². The first kappa shape index (κ1) is 10.7. The van der Waals surface area contributed by atoms with Crippen LogP contribution in [0.2, 0.25) is 0 Å². The van der Waals surface area contributed by atoms with E-state index in [1.165, 1.54) is 6.07 Å². The van der Waals surface area contributed by atoms with Crippen molar-refractivity contribution in [2.24, 2.45) is 5.92 Å². The zero-order chi connectivity index (χ0) is 11.8. The van der Waals surface area contributed by atoms with Crippen molar-refractivity contribution in [2.45, 2.75) is 25.2 Å². The molecule has 3 atom stereocenters. The van der Waals surface area contributed by atoms with Crippen molar-refractivity contribution in [1.29, 1.82) is 0 Å². The van der Waals surface area contributed by atoms with Gasteiger partial charge in [0, 0.05) is 18.1 Å². The molecule has 2 aliphatic rings. The summed E-state index contributed by atoms with van der Waals surface area (Å²) in [7, 11) is 0. The first-order valence-electron chi connectivity index (χ1n) is 5.75. The molecular weight excluding hydrogens is 222 g/mol. The summed E-state index contributed by atoms with van der Waals surface area (Å²) in [6.45, 7) is 0.761. The molecule has 0 saturated carbocycles. The highest BCUT2D eigenvalue weighted by molar-refractivity contribution is 5.35. The van der Waals surface area contributed by atoms with Crippen LogP contribution in [-0.2, 0) is 9.47 Å². The molecule has 1 aromatic rings. The summed E-state index contributed by atoms with van der Waals surface area (Å²) < 4.78 is 11.2. The number of nitro benzene ring substituents is 1. The van der Waals surface area contributed by atoms with Crippen molar-refractivity contribution >= 4 is 5.69 Å². The molecule has 90 valence electrons. The van der Waals surface area contributed by atoms with Gasteiger partial charge in [0.25, 0.3) is 5.69 Å². The van der Waals surface area contributed by atoms with Crippen LogP contribution in [0.3, 0.4) is 0 Å². The topological polar surface area (TPSA) is 61.6 Å². The number of nitrogens with zero attached hydrogens (tertiary/aromatic N) is 1. The minimum atomic E-state index is -0.379. The van der Waals surface area contributed by atoms with Gasteiger partial charge < -0.3 is 9.47 Å². The smallest absolute Gasteiger partial charge is 0.269 e. The van der Waals surface area contributed by atoms with E-state index in [1.807, 2.05) is 6.07 Å². The third-order valence-electron chi connectivity index (χ3n) is 3.42. The number of nitro groups is 1. The van der Waals surface area contributed by atoms with Gasteiger partial charge in [0.2, 0.25) is 0 Å². The molecule has 5 nitrogen and oxygen atoms in total. The lowest BCUT2D eigenvalue weighted by Gasteiger charge is -2.12. The molecule has 2 saturated heterocycles. The molecule has 1 aromatic carbocycles. The highest BCUT2D eigenvalue weighted by Gasteiger charge is 2.40. The van der Waals surface area contributed by atoms with Crippen molar-refractivity contribution < 1.29 is 14.4 Å². The van der Waals surface area contributed by atoms with Crippen molar-refractivity contribution in [3.8, 4) is 0 Å². The zero-order valence-electron chi connectivity index (χ0n) is 9.24. The molecular formula is C12H13NO4. The fourth-order valence-electron chi connectivity index (χ4n) is 2.53. The van der Waals surface area contributed by atoms with Gasteiger partial charge >= 0.3 is 0 Å². The van der Waals surface area contributed by atoms with E-state index in [0.717, 1.165) is 25.0 Å². The Morgan fingerprint density at radius 3 is 3.06 bits per heavy atom. The van der Waals surface area contributed by atoms with Gasteiger partial charge in [-0.3, -0.25) is 10.1 Å². The molecule has 3 rings (SSSR count). The molecule has 5 heteroatoms. The van der Waals surface area contributed by atoms with Crippen LogP contribution in [0, 0.1) is 16.0 Å². The van der Waals surface area contributed by atoms with E-state index in [4.69, 9.17) is 9.47 Å². The van der Waals surface area contributed by atoms with E-state index in [9.17, 15) is 10.1 Å². The maximum absolute atomic E-state index is 10.7. The summed E-state index contributed by atoms with van der Waals surface area (Å²) in [5, 5.41) is 10.7. The number of hydrogen-bond donors (Lipinski definition) is 0. The van der Waals surface area contributed by atoms with Crippen LogP contribution < -0.4 is 0 Å². The lowest BCUT2D eigenvalue weighted by Crippen LogP contribution is -2.10. The van der Waals surface area contributed by atoms with Crippen LogP contribution in [0.15, 0.2) is 24.3 Å². The number of hydrogen-bond acceptors (Lipinski definition) is 4. The molecule has 3 unspecified atom stereocenters. The Morgan fingerprint density at radius 2 is 2.29 bits per heavy atom. The van der Waals surface area contributed by atoms with Crippen LogP contribution in [0.1, 0.15) is 24.5 Å². The number of non-ortho nitro benzene ring substituents is 1. The summed E-state index contributed by atoms with van der Waals surface area (Å²) in [6, 6.07) is 6.66. The van der Waals surface area contributed by atoms with Gasteiger partial charge in [-0.15, -0.1) is 0 Å². The standard InChI is InChI=1S/C12H13NO4/c14-13(15)10-3-1-2-8(6-10)11-7-9-4-5-16-12(9)17-11/h1-3,6,9,11-12H,4-5,7H2. The zero-order valence-corrected chi connectivity index (χ0v) is 9.24. The third-order valence-corrected chi connectivity index (χ3v) is 3.42. The normalized spacial score (nSPS) is 31.4. The second-order valence-corrected chi connectivity index (χ2v) is 4.50. The van der Waals surface area contributed by atoms with Crippen LogP contribution >= 0.6 is 0 Å². The van der Waals surface area contributed by atoms with E-state index >= 15 is 0 Å². The molecule has 2 fully saturated rings. The van der Waals surface area contributed by atoms with Crippen LogP contribution in [0.4, 0.5) is 5.69 Å². The van der Waals surface area contributed by atoms with Crippen LogP contribution in [0.25, 0.3) is 0 Å². The monoisotopic (exact) mass is 235 g/mol. The third kappa shape index (κ3) is 1.92. The average molecular weight is 235 g/mol. The predicted octanol–water partition coefficient (Wildman–Crippen LogP) is 2.42. The van der Waals surface area contributed by atoms with E-state index in [-0.39, 0.29) is 23.0 Å². The van der Waals surface area contributed by atoms with E-state index in [1.54, 1.807) is 12.1 Å². The number of benzene rings is 1. The maximum Gasteiger partial charge on any atom is 0.269 e. The van der Waals surface area contributed by atoms with Gasteiger partial charge in [-0.1, -0.05) is 12.1 Å². The first-order chi connectivity index (χ1) is 8.24. The highest BCUT2D eigenvalue weighted by atomic mass is 16.7. The van der Waals surface area contributed by atoms with Gasteiger partial charge in [0.05, 0.1) is 17.6 Å². The lowest BCUT2D eigenvalue weighted by molar-refractivity contribution is -0.385. The van der Waals surface area contributed by atoms with Crippen molar-refractivity contribution in [2.75, 3.05) is 6.61 Å². The predicted molar refractivity (Wildman–Crippen MR) is 59.4 cm³/mol. The summed E-state index contributed by atoms with van der Waals surface area (Å²) in [4.78, 5) is 10.3. The summed E-state index contributed by atoms with van der Waals surface area (Å²) in [5.41, 5.74) is 0.987. The average Bonchev–Trinajstić information content (AvgIpc) is 2.89. The quantitative estimate of drug-likeness (QED) is 0.583. The number of rotatable bonds is 2. The molecule has 0 N–H and O–H groups in total. The van der Waals surface area contributed by atoms with Gasteiger partial charge in [-0.2, -0.15) is 0 Å². The van der Waals surface area contributed by atoms with E-state index in [0.29, 0.717) is 5.92 Å². The van der Waals surface area contributed by atoms with Crippen molar-refractivity contribution in [3.05, 3.63) is 39.9 Å². The Labute approximate surface area is 98.5 Å². The Hall–Kier alpha value is -1.46. The largest absolute Gasteiger partial charge is 0.352 e. The molecule has 0 aromatic heterocycles. The second kappa shape index (κ2) is 4.09. The Bertz CT molecular complexity index is 436. The van der Waals surface area contributed by atoms with Crippen LogP contribution in [-0.4, -0.2) is 17.8 Å². The highest BCUT2D eigenvalue weighted by Crippen LogP contribution is 2.42. The Kier molecular flexibility index (Phi) is 2.57. The fraction of sp³-hybridized carbons (Fsp3) is 0.500. The molecule has 0 spiro atoms. The minimum absolute atomic E-state index is 0.0646. The van der Waals surface area contributed by atoms with E-state index < -0.39 is 0 Å². The van der Waals surface area contributed by atoms with Gasteiger partial charge in [0.15, 0.2) is 6.29 Å². The first-order valence-corrected chi connectivity index (χ1v) is 5.75. The minimum Gasteiger partial charge on any atom is -0.352 e.